The summed E-state index contributed by atoms with van der Waals surface area (Å²) < 4.78 is 39.1. The molecule has 0 saturated carbocycles. The second kappa shape index (κ2) is 5.96. The number of urea groups is 1. The maximum absolute atomic E-state index is 13.3. The minimum absolute atomic E-state index is 0.0197. The van der Waals surface area contributed by atoms with Gasteiger partial charge >= 0.3 is 6.03 Å². The summed E-state index contributed by atoms with van der Waals surface area (Å²) in [5.41, 5.74) is -0.443. The Morgan fingerprint density at radius 1 is 1.25 bits per heavy atom. The summed E-state index contributed by atoms with van der Waals surface area (Å²) in [7, 11) is 0. The van der Waals surface area contributed by atoms with Gasteiger partial charge in [-0.1, -0.05) is 12.2 Å². The van der Waals surface area contributed by atoms with Gasteiger partial charge in [0.05, 0.1) is 5.69 Å². The molecule has 3 N–H and O–H groups in total. The minimum Gasteiger partial charge on any atom is -0.396 e. The number of amides is 2. The van der Waals surface area contributed by atoms with E-state index in [0.717, 1.165) is 12.1 Å². The monoisotopic (exact) mass is 286 g/mol. The van der Waals surface area contributed by atoms with E-state index < -0.39 is 29.2 Å². The van der Waals surface area contributed by atoms with Crippen LogP contribution in [0.4, 0.5) is 23.7 Å². The van der Waals surface area contributed by atoms with Gasteiger partial charge in [-0.15, -0.1) is 0 Å². The number of hydrogen-bond acceptors (Lipinski definition) is 2. The molecule has 7 heteroatoms. The number of aliphatic hydroxyl groups excluding tert-OH is 1. The zero-order valence-corrected chi connectivity index (χ0v) is 10.4. The van der Waals surface area contributed by atoms with Crippen molar-refractivity contribution in [3.63, 3.8) is 0 Å². The Morgan fingerprint density at radius 2 is 2.00 bits per heavy atom. The van der Waals surface area contributed by atoms with Crippen molar-refractivity contribution in [1.29, 1.82) is 0 Å². The Bertz CT molecular complexity index is 549. The van der Waals surface area contributed by atoms with E-state index >= 15 is 0 Å². The van der Waals surface area contributed by atoms with Crippen LogP contribution < -0.4 is 10.6 Å². The molecule has 0 aliphatic heterocycles. The largest absolute Gasteiger partial charge is 0.396 e. The zero-order valence-electron chi connectivity index (χ0n) is 10.4. The molecule has 2 amide bonds. The molecule has 1 aromatic rings. The summed E-state index contributed by atoms with van der Waals surface area (Å²) in [6.07, 6.45) is 4.01. The molecule has 0 heterocycles. The van der Waals surface area contributed by atoms with Crippen molar-refractivity contribution in [2.45, 2.75) is 12.5 Å². The quantitative estimate of drug-likeness (QED) is 0.589. The van der Waals surface area contributed by atoms with Crippen molar-refractivity contribution in [2.75, 3.05) is 11.9 Å². The van der Waals surface area contributed by atoms with Crippen LogP contribution >= 0.6 is 0 Å². The number of anilines is 1. The predicted octanol–water partition coefficient (Wildman–Crippen LogP) is 2.16. The molecule has 0 bridgehead atoms. The molecule has 0 radical (unpaired) electrons. The Kier molecular flexibility index (Phi) is 4.29. The van der Waals surface area contributed by atoms with Crippen molar-refractivity contribution in [3.05, 3.63) is 41.7 Å². The molecular formula is C13H13F3N2O2. The van der Waals surface area contributed by atoms with Gasteiger partial charge in [-0.05, 0) is 18.6 Å². The average molecular weight is 286 g/mol. The fraction of sp³-hybridized carbons (Fsp3) is 0.308. The lowest BCUT2D eigenvalue weighted by Crippen LogP contribution is -2.36. The first-order chi connectivity index (χ1) is 9.51. The number of hydrogen-bond donors (Lipinski definition) is 3. The highest BCUT2D eigenvalue weighted by atomic mass is 19.2. The van der Waals surface area contributed by atoms with E-state index in [0.29, 0.717) is 6.42 Å². The molecule has 2 atom stereocenters. The lowest BCUT2D eigenvalue weighted by atomic mass is 10.1. The van der Waals surface area contributed by atoms with E-state index in [1.54, 1.807) is 12.2 Å². The van der Waals surface area contributed by atoms with Crippen LogP contribution in [0, 0.1) is 23.4 Å². The van der Waals surface area contributed by atoms with Crippen LogP contribution in [-0.2, 0) is 0 Å². The maximum atomic E-state index is 13.3. The molecule has 0 spiro atoms. The molecule has 0 unspecified atom stereocenters. The van der Waals surface area contributed by atoms with Crippen molar-refractivity contribution < 1.29 is 23.1 Å². The van der Waals surface area contributed by atoms with E-state index in [9.17, 15) is 18.0 Å². The number of rotatable bonds is 3. The van der Waals surface area contributed by atoms with Gasteiger partial charge in [0, 0.05) is 18.6 Å². The molecule has 0 aromatic heterocycles. The third-order valence-corrected chi connectivity index (χ3v) is 3.01. The van der Waals surface area contributed by atoms with Gasteiger partial charge in [0.1, 0.15) is 0 Å². The number of carbonyl (C=O) groups excluding carboxylic acids is 1. The van der Waals surface area contributed by atoms with Gasteiger partial charge in [-0.2, -0.15) is 0 Å². The van der Waals surface area contributed by atoms with E-state index in [1.807, 2.05) is 0 Å². The van der Waals surface area contributed by atoms with E-state index in [1.165, 1.54) is 0 Å². The summed E-state index contributed by atoms with van der Waals surface area (Å²) in [5, 5.41) is 13.6. The molecule has 1 aromatic carbocycles. The second-order valence-corrected chi connectivity index (χ2v) is 4.49. The number of carbonyl (C=O) groups is 1. The van der Waals surface area contributed by atoms with E-state index in [2.05, 4.69) is 10.6 Å². The van der Waals surface area contributed by atoms with Gasteiger partial charge < -0.3 is 15.7 Å². The lowest BCUT2D eigenvalue weighted by Gasteiger charge is -2.14. The summed E-state index contributed by atoms with van der Waals surface area (Å²) in [4.78, 5) is 11.6. The molecule has 108 valence electrons. The summed E-state index contributed by atoms with van der Waals surface area (Å²) in [6, 6.07) is 0.642. The molecule has 0 saturated heterocycles. The Labute approximate surface area is 113 Å². The lowest BCUT2D eigenvalue weighted by molar-refractivity contribution is 0.238. The highest BCUT2D eigenvalue weighted by Gasteiger charge is 2.21. The third kappa shape index (κ3) is 3.11. The van der Waals surface area contributed by atoms with Crippen LogP contribution in [0.25, 0.3) is 0 Å². The van der Waals surface area contributed by atoms with Gasteiger partial charge in [0.25, 0.3) is 0 Å². The van der Waals surface area contributed by atoms with E-state index in [4.69, 9.17) is 5.11 Å². The van der Waals surface area contributed by atoms with Crippen molar-refractivity contribution >= 4 is 11.7 Å². The number of benzene rings is 1. The van der Waals surface area contributed by atoms with Crippen molar-refractivity contribution in [3.8, 4) is 0 Å². The molecule has 2 rings (SSSR count). The standard InChI is InChI=1S/C13H13F3N2O2/c14-9-3-4-10(12(16)11(9)15)18-13(20)17-8-2-1-7(5-8)6-19/h1-4,7-8,19H,5-6H2,(H2,17,18,20)/t7-,8+/m0/s1. The Hall–Kier alpha value is -2.02. The molecule has 0 fully saturated rings. The van der Waals surface area contributed by atoms with Gasteiger partial charge in [-0.3, -0.25) is 0 Å². The van der Waals surface area contributed by atoms with Crippen LogP contribution in [0.5, 0.6) is 0 Å². The van der Waals surface area contributed by atoms with Crippen LogP contribution in [0.1, 0.15) is 6.42 Å². The zero-order chi connectivity index (χ0) is 14.7. The minimum atomic E-state index is -1.64. The first kappa shape index (κ1) is 14.4. The first-order valence-corrected chi connectivity index (χ1v) is 6.01. The van der Waals surface area contributed by atoms with Crippen molar-refractivity contribution in [1.82, 2.24) is 5.32 Å². The van der Waals surface area contributed by atoms with Crippen LogP contribution in [0.2, 0.25) is 0 Å². The topological polar surface area (TPSA) is 61.4 Å². The molecule has 1 aliphatic carbocycles. The number of aliphatic hydroxyl groups is 1. The highest BCUT2D eigenvalue weighted by Crippen LogP contribution is 2.20. The van der Waals surface area contributed by atoms with Crippen LogP contribution in [0.3, 0.4) is 0 Å². The number of nitrogens with one attached hydrogen (secondary N) is 2. The first-order valence-electron chi connectivity index (χ1n) is 6.01. The molecule has 1 aliphatic rings. The molecule has 4 nitrogen and oxygen atoms in total. The third-order valence-electron chi connectivity index (χ3n) is 3.01. The van der Waals surface area contributed by atoms with Crippen LogP contribution in [-0.4, -0.2) is 23.8 Å². The van der Waals surface area contributed by atoms with E-state index in [-0.39, 0.29) is 18.6 Å². The second-order valence-electron chi connectivity index (χ2n) is 4.49. The van der Waals surface area contributed by atoms with Gasteiger partial charge in [0.2, 0.25) is 0 Å². The Morgan fingerprint density at radius 3 is 2.65 bits per heavy atom. The smallest absolute Gasteiger partial charge is 0.319 e. The normalized spacial score (nSPS) is 21.0. The summed E-state index contributed by atoms with van der Waals surface area (Å²) >= 11 is 0. The SMILES string of the molecule is O=C(Nc1ccc(F)c(F)c1F)N[C@@H]1C=C[C@H](CO)C1. The fourth-order valence-electron chi connectivity index (χ4n) is 1.97. The highest BCUT2D eigenvalue weighted by molar-refractivity contribution is 5.89. The van der Waals surface area contributed by atoms with Gasteiger partial charge in [-0.25, -0.2) is 18.0 Å². The van der Waals surface area contributed by atoms with Crippen LogP contribution in [0.15, 0.2) is 24.3 Å². The molecular weight excluding hydrogens is 273 g/mol. The number of halogens is 3. The maximum Gasteiger partial charge on any atom is 0.319 e. The predicted molar refractivity (Wildman–Crippen MR) is 66.6 cm³/mol. The molecule has 20 heavy (non-hydrogen) atoms. The Balaban J connectivity index is 1.96. The average Bonchev–Trinajstić information content (AvgIpc) is 2.87. The van der Waals surface area contributed by atoms with Gasteiger partial charge in [0.15, 0.2) is 17.5 Å². The van der Waals surface area contributed by atoms with Crippen molar-refractivity contribution in [2.24, 2.45) is 5.92 Å². The fourth-order valence-corrected chi connectivity index (χ4v) is 1.97. The summed E-state index contributed by atoms with van der Waals surface area (Å²) in [6.45, 7) is -0.0197. The summed E-state index contributed by atoms with van der Waals surface area (Å²) in [5.74, 6) is -4.43.